The van der Waals surface area contributed by atoms with E-state index in [4.69, 9.17) is 0 Å². The molecule has 0 aromatic rings. The highest BCUT2D eigenvalue weighted by Gasteiger charge is 2.22. The van der Waals surface area contributed by atoms with Gasteiger partial charge in [0.25, 0.3) is 0 Å². The highest BCUT2D eigenvalue weighted by atomic mass is 32.1. The van der Waals surface area contributed by atoms with Gasteiger partial charge < -0.3 is 0 Å². The molecule has 1 fully saturated rings. The maximum absolute atomic E-state index is 4.20. The van der Waals surface area contributed by atoms with Crippen molar-refractivity contribution in [3.05, 3.63) is 0 Å². The summed E-state index contributed by atoms with van der Waals surface area (Å²) in [6, 6.07) is 0. The van der Waals surface area contributed by atoms with Crippen LogP contribution in [-0.4, -0.2) is 10.5 Å². The Morgan fingerprint density at radius 3 is 1.33 bits per heavy atom. The van der Waals surface area contributed by atoms with Gasteiger partial charge in [-0.2, -0.15) is 25.3 Å². The minimum atomic E-state index is 0.591. The second-order valence-corrected chi connectivity index (χ2v) is 3.04. The van der Waals surface area contributed by atoms with Gasteiger partial charge in [-0.05, 0) is 12.8 Å². The van der Waals surface area contributed by atoms with Crippen molar-refractivity contribution in [3.8, 4) is 0 Å². The Balaban J connectivity index is 2.20. The largest absolute Gasteiger partial charge is 0.175 e. The highest BCUT2D eigenvalue weighted by Crippen LogP contribution is 2.29. The van der Waals surface area contributed by atoms with Crippen molar-refractivity contribution in [1.29, 1.82) is 0 Å². The second-order valence-electron chi connectivity index (χ2n) is 1.71. The van der Waals surface area contributed by atoms with E-state index in [0.29, 0.717) is 10.5 Å². The van der Waals surface area contributed by atoms with Gasteiger partial charge in [0.15, 0.2) is 0 Å². The first kappa shape index (κ1) is 4.85. The molecule has 0 saturated heterocycles. The normalized spacial score (nSPS) is 45.0. The standard InChI is InChI=1S/C4H8S2/c5-3-1-2-4(3)6/h3-6H,1-2H2. The van der Waals surface area contributed by atoms with E-state index in [1.54, 1.807) is 0 Å². The molecule has 0 radical (unpaired) electrons. The summed E-state index contributed by atoms with van der Waals surface area (Å²) in [7, 11) is 0. The molecule has 36 valence electrons. The van der Waals surface area contributed by atoms with E-state index in [1.165, 1.54) is 12.8 Å². The van der Waals surface area contributed by atoms with Crippen molar-refractivity contribution in [2.45, 2.75) is 23.3 Å². The van der Waals surface area contributed by atoms with Crippen molar-refractivity contribution in [2.75, 3.05) is 0 Å². The van der Waals surface area contributed by atoms with Crippen LogP contribution in [0, 0.1) is 0 Å². The number of rotatable bonds is 0. The molecule has 0 amide bonds. The minimum absolute atomic E-state index is 0.591. The summed E-state index contributed by atoms with van der Waals surface area (Å²) in [5, 5.41) is 1.18. The lowest BCUT2D eigenvalue weighted by Gasteiger charge is -2.27. The van der Waals surface area contributed by atoms with E-state index >= 15 is 0 Å². The zero-order chi connectivity index (χ0) is 4.57. The Hall–Kier alpha value is 0.700. The Bertz CT molecular complexity index is 45.5. The molecule has 0 aromatic heterocycles. The Kier molecular flexibility index (Phi) is 1.34. The lowest BCUT2D eigenvalue weighted by atomic mass is 9.99. The molecule has 2 unspecified atom stereocenters. The molecule has 0 spiro atoms. The van der Waals surface area contributed by atoms with Gasteiger partial charge in [-0.1, -0.05) is 0 Å². The van der Waals surface area contributed by atoms with E-state index in [1.807, 2.05) is 0 Å². The van der Waals surface area contributed by atoms with Crippen LogP contribution in [0.4, 0.5) is 0 Å². The van der Waals surface area contributed by atoms with Gasteiger partial charge in [0.2, 0.25) is 0 Å². The monoisotopic (exact) mass is 120 g/mol. The summed E-state index contributed by atoms with van der Waals surface area (Å²) in [4.78, 5) is 0. The molecule has 2 heteroatoms. The summed E-state index contributed by atoms with van der Waals surface area (Å²) in [6.07, 6.45) is 2.52. The highest BCUT2D eigenvalue weighted by molar-refractivity contribution is 7.85. The van der Waals surface area contributed by atoms with Crippen molar-refractivity contribution in [2.24, 2.45) is 0 Å². The maximum Gasteiger partial charge on any atom is 0.0134 e. The molecule has 0 aliphatic heterocycles. The molecule has 2 atom stereocenters. The molecule has 1 aliphatic carbocycles. The predicted molar refractivity (Wildman–Crippen MR) is 34.8 cm³/mol. The smallest absolute Gasteiger partial charge is 0.0134 e. The Morgan fingerprint density at radius 2 is 1.33 bits per heavy atom. The molecule has 1 saturated carbocycles. The Labute approximate surface area is 49.1 Å². The molecule has 0 nitrogen and oxygen atoms in total. The third-order valence-electron chi connectivity index (χ3n) is 1.20. The van der Waals surface area contributed by atoms with Crippen molar-refractivity contribution < 1.29 is 0 Å². The van der Waals surface area contributed by atoms with E-state index in [2.05, 4.69) is 25.3 Å². The first-order chi connectivity index (χ1) is 2.80. The third-order valence-corrected chi connectivity index (χ3v) is 2.67. The molecular weight excluding hydrogens is 112 g/mol. The lowest BCUT2D eigenvalue weighted by Crippen LogP contribution is -2.26. The van der Waals surface area contributed by atoms with Crippen molar-refractivity contribution >= 4 is 25.3 Å². The number of hydrogen-bond acceptors (Lipinski definition) is 2. The summed E-state index contributed by atoms with van der Waals surface area (Å²) < 4.78 is 0. The fourth-order valence-corrected chi connectivity index (χ4v) is 1.06. The third kappa shape index (κ3) is 0.684. The first-order valence-electron chi connectivity index (χ1n) is 2.17. The van der Waals surface area contributed by atoms with Crippen LogP contribution >= 0.6 is 25.3 Å². The van der Waals surface area contributed by atoms with Crippen molar-refractivity contribution in [3.63, 3.8) is 0 Å². The van der Waals surface area contributed by atoms with Gasteiger partial charge in [-0.3, -0.25) is 0 Å². The minimum Gasteiger partial charge on any atom is -0.175 e. The van der Waals surface area contributed by atoms with Crippen molar-refractivity contribution in [1.82, 2.24) is 0 Å². The van der Waals surface area contributed by atoms with Crippen LogP contribution in [0.15, 0.2) is 0 Å². The quantitative estimate of drug-likeness (QED) is 0.443. The summed E-state index contributed by atoms with van der Waals surface area (Å²) in [5.74, 6) is 0. The van der Waals surface area contributed by atoms with E-state index in [0.717, 1.165) is 0 Å². The fraction of sp³-hybridized carbons (Fsp3) is 1.00. The van der Waals surface area contributed by atoms with Crippen LogP contribution in [-0.2, 0) is 0 Å². The van der Waals surface area contributed by atoms with Gasteiger partial charge in [-0.25, -0.2) is 0 Å². The van der Waals surface area contributed by atoms with Crippen LogP contribution in [0.1, 0.15) is 12.8 Å². The van der Waals surface area contributed by atoms with E-state index < -0.39 is 0 Å². The second kappa shape index (κ2) is 1.66. The molecule has 6 heavy (non-hydrogen) atoms. The number of hydrogen-bond donors (Lipinski definition) is 2. The van der Waals surface area contributed by atoms with Gasteiger partial charge >= 0.3 is 0 Å². The Morgan fingerprint density at radius 1 is 1.00 bits per heavy atom. The van der Waals surface area contributed by atoms with Gasteiger partial charge in [0, 0.05) is 10.5 Å². The van der Waals surface area contributed by atoms with E-state index in [9.17, 15) is 0 Å². The zero-order valence-corrected chi connectivity index (χ0v) is 5.25. The molecule has 1 rings (SSSR count). The van der Waals surface area contributed by atoms with Gasteiger partial charge in [0.05, 0.1) is 0 Å². The average molecular weight is 120 g/mol. The zero-order valence-electron chi connectivity index (χ0n) is 3.46. The van der Waals surface area contributed by atoms with Crippen LogP contribution in [0.5, 0.6) is 0 Å². The summed E-state index contributed by atoms with van der Waals surface area (Å²) in [6.45, 7) is 0. The lowest BCUT2D eigenvalue weighted by molar-refractivity contribution is 0.546. The maximum atomic E-state index is 4.20. The molecule has 0 heterocycles. The average Bonchev–Trinajstić information content (AvgIpc) is 1.61. The molecule has 1 aliphatic rings. The van der Waals surface area contributed by atoms with Gasteiger partial charge in [0.1, 0.15) is 0 Å². The van der Waals surface area contributed by atoms with E-state index in [-0.39, 0.29) is 0 Å². The molecule has 0 aromatic carbocycles. The predicted octanol–water partition coefficient (Wildman–Crippen LogP) is 1.38. The first-order valence-corrected chi connectivity index (χ1v) is 3.20. The molecule has 0 N–H and O–H groups in total. The summed E-state index contributed by atoms with van der Waals surface area (Å²) in [5.41, 5.74) is 0. The number of thiol groups is 2. The van der Waals surface area contributed by atoms with Crippen LogP contribution < -0.4 is 0 Å². The SMILES string of the molecule is SC1CCC1S. The topological polar surface area (TPSA) is 0 Å². The van der Waals surface area contributed by atoms with Crippen LogP contribution in [0.3, 0.4) is 0 Å². The fourth-order valence-electron chi connectivity index (χ4n) is 0.465. The van der Waals surface area contributed by atoms with Gasteiger partial charge in [-0.15, -0.1) is 0 Å². The van der Waals surface area contributed by atoms with Crippen LogP contribution in [0.25, 0.3) is 0 Å². The molecule has 0 bridgehead atoms. The molecular formula is C4H8S2. The summed E-state index contributed by atoms with van der Waals surface area (Å²) >= 11 is 8.41. The van der Waals surface area contributed by atoms with Crippen LogP contribution in [0.2, 0.25) is 0 Å².